The molecule has 0 spiro atoms. The van der Waals surface area contributed by atoms with Crippen molar-refractivity contribution in [3.8, 4) is 0 Å². The van der Waals surface area contributed by atoms with Crippen molar-refractivity contribution in [2.24, 2.45) is 0 Å². The summed E-state index contributed by atoms with van der Waals surface area (Å²) < 4.78 is 0. The van der Waals surface area contributed by atoms with E-state index in [2.05, 4.69) is 0 Å². The Labute approximate surface area is 185 Å². The SMILES string of the molecule is O[C@@]1(c2ccccc2)c2cccc(Cl)c2[C@](O)(c2ccccc2)c2cccc(Cl)c21. The first-order valence-electron chi connectivity index (χ1n) is 9.63. The smallest absolute Gasteiger partial charge is 0.142 e. The molecule has 0 radical (unpaired) electrons. The molecule has 0 bridgehead atoms. The zero-order valence-electron chi connectivity index (χ0n) is 15.9. The fraction of sp³-hybridized carbons (Fsp3) is 0.0769. The van der Waals surface area contributed by atoms with Crippen LogP contribution in [-0.2, 0) is 11.2 Å². The van der Waals surface area contributed by atoms with Crippen molar-refractivity contribution in [3.63, 3.8) is 0 Å². The van der Waals surface area contributed by atoms with Gasteiger partial charge in [-0.25, -0.2) is 0 Å². The molecule has 1 aliphatic rings. The zero-order chi connectivity index (χ0) is 20.9. The van der Waals surface area contributed by atoms with Gasteiger partial charge in [-0.3, -0.25) is 0 Å². The van der Waals surface area contributed by atoms with Crippen molar-refractivity contribution in [2.45, 2.75) is 11.2 Å². The lowest BCUT2D eigenvalue weighted by molar-refractivity contribution is 0.0749. The third-order valence-electron chi connectivity index (χ3n) is 5.91. The molecule has 0 saturated carbocycles. The molecule has 0 aromatic heterocycles. The van der Waals surface area contributed by atoms with Gasteiger partial charge < -0.3 is 10.2 Å². The second kappa shape index (κ2) is 6.97. The van der Waals surface area contributed by atoms with Crippen LogP contribution in [0.4, 0.5) is 0 Å². The molecule has 5 rings (SSSR count). The monoisotopic (exact) mass is 432 g/mol. The molecule has 4 aromatic carbocycles. The molecular formula is C26H18Cl2O2. The maximum absolute atomic E-state index is 12.3. The Balaban J connectivity index is 1.98. The maximum atomic E-state index is 12.3. The highest BCUT2D eigenvalue weighted by Gasteiger charge is 2.52. The lowest BCUT2D eigenvalue weighted by atomic mass is 9.63. The van der Waals surface area contributed by atoms with Crippen LogP contribution in [-0.4, -0.2) is 10.2 Å². The minimum Gasteiger partial charge on any atom is -0.376 e. The number of halogens is 2. The summed E-state index contributed by atoms with van der Waals surface area (Å²) in [6.45, 7) is 0. The van der Waals surface area contributed by atoms with Crippen molar-refractivity contribution < 1.29 is 10.2 Å². The summed E-state index contributed by atoms with van der Waals surface area (Å²) in [6.07, 6.45) is 0. The van der Waals surface area contributed by atoms with Gasteiger partial charge in [0.25, 0.3) is 0 Å². The molecule has 0 fully saturated rings. The average molecular weight is 433 g/mol. The first kappa shape index (κ1) is 19.3. The van der Waals surface area contributed by atoms with Gasteiger partial charge in [-0.1, -0.05) is 108 Å². The van der Waals surface area contributed by atoms with Crippen molar-refractivity contribution in [3.05, 3.63) is 140 Å². The van der Waals surface area contributed by atoms with E-state index in [1.165, 1.54) is 0 Å². The van der Waals surface area contributed by atoms with Crippen molar-refractivity contribution in [1.29, 1.82) is 0 Å². The number of hydrogen-bond acceptors (Lipinski definition) is 2. The largest absolute Gasteiger partial charge is 0.376 e. The van der Waals surface area contributed by atoms with Gasteiger partial charge in [0.15, 0.2) is 0 Å². The summed E-state index contributed by atoms with van der Waals surface area (Å²) in [4.78, 5) is 0. The zero-order valence-corrected chi connectivity index (χ0v) is 17.4. The Hall–Kier alpha value is -2.62. The van der Waals surface area contributed by atoms with E-state index in [0.717, 1.165) is 0 Å². The predicted octanol–water partition coefficient (Wildman–Crippen LogP) is 5.88. The van der Waals surface area contributed by atoms with Crippen molar-refractivity contribution in [1.82, 2.24) is 0 Å². The van der Waals surface area contributed by atoms with E-state index in [-0.39, 0.29) is 0 Å². The quantitative estimate of drug-likeness (QED) is 0.415. The highest BCUT2D eigenvalue weighted by atomic mass is 35.5. The van der Waals surface area contributed by atoms with Gasteiger partial charge in [-0.15, -0.1) is 0 Å². The van der Waals surface area contributed by atoms with Crippen molar-refractivity contribution in [2.75, 3.05) is 0 Å². The Morgan fingerprint density at radius 3 is 1.20 bits per heavy atom. The highest BCUT2D eigenvalue weighted by molar-refractivity contribution is 6.32. The molecule has 4 heteroatoms. The summed E-state index contributed by atoms with van der Waals surface area (Å²) in [6, 6.07) is 29.3. The van der Waals surface area contributed by atoms with E-state index >= 15 is 0 Å². The van der Waals surface area contributed by atoms with Gasteiger partial charge >= 0.3 is 0 Å². The van der Waals surface area contributed by atoms with Crippen LogP contribution < -0.4 is 0 Å². The molecule has 1 aliphatic carbocycles. The second-order valence-electron chi connectivity index (χ2n) is 7.48. The summed E-state index contributed by atoms with van der Waals surface area (Å²) in [7, 11) is 0. The lowest BCUT2D eigenvalue weighted by Gasteiger charge is -2.45. The number of benzene rings is 4. The van der Waals surface area contributed by atoms with Gasteiger partial charge in [0.2, 0.25) is 0 Å². The molecule has 2 atom stereocenters. The second-order valence-corrected chi connectivity index (χ2v) is 8.29. The molecule has 4 aromatic rings. The molecule has 0 amide bonds. The number of aliphatic hydroxyl groups is 2. The van der Waals surface area contributed by atoms with Gasteiger partial charge in [0.1, 0.15) is 11.2 Å². The Bertz CT molecular complexity index is 1140. The van der Waals surface area contributed by atoms with E-state index in [1.807, 2.05) is 60.7 Å². The highest BCUT2D eigenvalue weighted by Crippen LogP contribution is 2.56. The Kier molecular flexibility index (Phi) is 4.49. The fourth-order valence-corrected chi connectivity index (χ4v) is 5.24. The van der Waals surface area contributed by atoms with Crippen molar-refractivity contribution >= 4 is 23.2 Å². The van der Waals surface area contributed by atoms with Crippen LogP contribution in [0.25, 0.3) is 0 Å². The van der Waals surface area contributed by atoms with E-state index in [1.54, 1.807) is 36.4 Å². The van der Waals surface area contributed by atoms with E-state index < -0.39 is 11.2 Å². The molecule has 0 heterocycles. The summed E-state index contributed by atoms with van der Waals surface area (Å²) in [5.41, 5.74) is 0.0852. The molecule has 30 heavy (non-hydrogen) atoms. The molecular weight excluding hydrogens is 415 g/mol. The van der Waals surface area contributed by atoms with E-state index in [9.17, 15) is 10.2 Å². The van der Waals surface area contributed by atoms with Crippen LogP contribution >= 0.6 is 23.2 Å². The number of rotatable bonds is 2. The predicted molar refractivity (Wildman–Crippen MR) is 120 cm³/mol. The van der Waals surface area contributed by atoms with Crippen LogP contribution in [0, 0.1) is 0 Å². The average Bonchev–Trinajstić information content (AvgIpc) is 2.78. The Morgan fingerprint density at radius 1 is 0.467 bits per heavy atom. The summed E-state index contributed by atoms with van der Waals surface area (Å²) in [5, 5.41) is 25.3. The normalized spacial score (nSPS) is 22.3. The summed E-state index contributed by atoms with van der Waals surface area (Å²) >= 11 is 13.4. The first-order chi connectivity index (χ1) is 14.5. The van der Waals surface area contributed by atoms with Gasteiger partial charge in [0, 0.05) is 32.3 Å². The topological polar surface area (TPSA) is 40.5 Å². The molecule has 2 nitrogen and oxygen atoms in total. The minimum absolute atomic E-state index is 0.374. The van der Waals surface area contributed by atoms with Crippen LogP contribution in [0.15, 0.2) is 97.1 Å². The van der Waals surface area contributed by atoms with Crippen LogP contribution in [0.2, 0.25) is 10.0 Å². The number of hydrogen-bond donors (Lipinski definition) is 2. The van der Waals surface area contributed by atoms with Crippen LogP contribution in [0.1, 0.15) is 33.4 Å². The maximum Gasteiger partial charge on any atom is 0.142 e. The summed E-state index contributed by atoms with van der Waals surface area (Å²) in [5.74, 6) is 0. The minimum atomic E-state index is -1.57. The molecule has 2 N–H and O–H groups in total. The molecule has 0 aliphatic heterocycles. The van der Waals surface area contributed by atoms with Gasteiger partial charge in [-0.2, -0.15) is 0 Å². The van der Waals surface area contributed by atoms with Crippen LogP contribution in [0.5, 0.6) is 0 Å². The molecule has 148 valence electrons. The van der Waals surface area contributed by atoms with Gasteiger partial charge in [0.05, 0.1) is 0 Å². The number of fused-ring (bicyclic) bond motifs is 2. The fourth-order valence-electron chi connectivity index (χ4n) is 4.61. The third-order valence-corrected chi connectivity index (χ3v) is 6.54. The molecule has 0 saturated heterocycles. The first-order valence-corrected chi connectivity index (χ1v) is 10.4. The van der Waals surface area contributed by atoms with Crippen LogP contribution in [0.3, 0.4) is 0 Å². The standard InChI is InChI=1S/C26H18Cl2O2/c27-21-15-8-14-20-23(21)25(29,17-9-3-1-4-10-17)19-13-7-16-22(28)24(19)26(20,30)18-11-5-2-6-12-18/h1-16,29-30H/t25-,26-/m0/s1. The van der Waals surface area contributed by atoms with E-state index in [4.69, 9.17) is 23.2 Å². The van der Waals surface area contributed by atoms with E-state index in [0.29, 0.717) is 43.4 Å². The third kappa shape index (κ3) is 2.52. The lowest BCUT2D eigenvalue weighted by Crippen LogP contribution is -2.44. The molecule has 0 unspecified atom stereocenters. The van der Waals surface area contributed by atoms with Gasteiger partial charge in [-0.05, 0) is 23.3 Å². The Morgan fingerprint density at radius 2 is 0.833 bits per heavy atom.